The van der Waals surface area contributed by atoms with Crippen molar-refractivity contribution >= 4 is 23.2 Å². The Bertz CT molecular complexity index is 581. The van der Waals surface area contributed by atoms with Crippen molar-refractivity contribution in [1.29, 1.82) is 0 Å². The van der Waals surface area contributed by atoms with Gasteiger partial charge in [0.05, 0.1) is 11.6 Å². The van der Waals surface area contributed by atoms with Crippen LogP contribution in [0.5, 0.6) is 0 Å². The maximum atomic E-state index is 12.1. The smallest absolute Gasteiger partial charge is 0.253 e. The van der Waals surface area contributed by atoms with E-state index < -0.39 is 0 Å². The fourth-order valence-corrected chi connectivity index (χ4v) is 1.94. The van der Waals surface area contributed by atoms with Gasteiger partial charge in [0.2, 0.25) is 0 Å². The van der Waals surface area contributed by atoms with Gasteiger partial charge in [-0.15, -0.1) is 0 Å². The molecule has 19 heavy (non-hydrogen) atoms. The second-order valence-corrected chi connectivity index (χ2v) is 4.77. The molecule has 2 aromatic rings. The number of carbonyl (C=O) groups is 1. The van der Waals surface area contributed by atoms with Crippen molar-refractivity contribution < 1.29 is 4.79 Å². The van der Waals surface area contributed by atoms with Crippen LogP contribution >= 0.6 is 11.6 Å². The summed E-state index contributed by atoms with van der Waals surface area (Å²) in [6.07, 6.45) is 0. The fraction of sp³-hybridized carbons (Fsp3) is 0.133. The van der Waals surface area contributed by atoms with E-state index in [1.54, 1.807) is 36.4 Å². The van der Waals surface area contributed by atoms with Crippen LogP contribution < -0.4 is 11.1 Å². The van der Waals surface area contributed by atoms with E-state index in [1.807, 2.05) is 19.1 Å². The van der Waals surface area contributed by atoms with E-state index in [4.69, 9.17) is 17.3 Å². The first-order valence-electron chi connectivity index (χ1n) is 5.99. The summed E-state index contributed by atoms with van der Waals surface area (Å²) in [6.45, 7) is 1.92. The number of nitrogen functional groups attached to an aromatic ring is 1. The van der Waals surface area contributed by atoms with Gasteiger partial charge in [0.15, 0.2) is 0 Å². The lowest BCUT2D eigenvalue weighted by Crippen LogP contribution is -2.27. The highest BCUT2D eigenvalue weighted by Crippen LogP contribution is 2.17. The number of nitrogens with one attached hydrogen (secondary N) is 1. The molecular formula is C15H15ClN2O. The van der Waals surface area contributed by atoms with Gasteiger partial charge in [-0.2, -0.15) is 0 Å². The van der Waals surface area contributed by atoms with Crippen molar-refractivity contribution in [2.45, 2.75) is 13.0 Å². The molecule has 4 heteroatoms. The molecule has 0 radical (unpaired) electrons. The van der Waals surface area contributed by atoms with Crippen LogP contribution in [0.25, 0.3) is 0 Å². The quantitative estimate of drug-likeness (QED) is 0.843. The molecule has 0 bridgehead atoms. The number of para-hydroxylation sites is 1. The molecule has 1 atom stereocenters. The van der Waals surface area contributed by atoms with E-state index in [-0.39, 0.29) is 11.9 Å². The Morgan fingerprint density at radius 3 is 2.42 bits per heavy atom. The molecule has 3 nitrogen and oxygen atoms in total. The number of hydrogen-bond acceptors (Lipinski definition) is 2. The van der Waals surface area contributed by atoms with Gasteiger partial charge in [0.1, 0.15) is 0 Å². The van der Waals surface area contributed by atoms with Crippen LogP contribution in [0, 0.1) is 0 Å². The third-order valence-electron chi connectivity index (χ3n) is 2.92. The van der Waals surface area contributed by atoms with Crippen LogP contribution in [-0.4, -0.2) is 5.91 Å². The summed E-state index contributed by atoms with van der Waals surface area (Å²) in [5.41, 5.74) is 7.73. The minimum absolute atomic E-state index is 0.107. The van der Waals surface area contributed by atoms with E-state index in [1.165, 1.54) is 0 Å². The minimum Gasteiger partial charge on any atom is -0.398 e. The van der Waals surface area contributed by atoms with Gasteiger partial charge in [-0.1, -0.05) is 35.9 Å². The molecule has 0 aliphatic rings. The molecule has 0 heterocycles. The molecule has 3 N–H and O–H groups in total. The molecule has 2 aromatic carbocycles. The Hall–Kier alpha value is -2.00. The summed E-state index contributed by atoms with van der Waals surface area (Å²) in [5.74, 6) is -0.180. The number of amides is 1. The summed E-state index contributed by atoms with van der Waals surface area (Å²) in [6, 6.07) is 14.3. The summed E-state index contributed by atoms with van der Waals surface area (Å²) >= 11 is 5.83. The minimum atomic E-state index is -0.180. The zero-order chi connectivity index (χ0) is 13.8. The summed E-state index contributed by atoms with van der Waals surface area (Å²) < 4.78 is 0. The van der Waals surface area contributed by atoms with Gasteiger partial charge in [-0.05, 0) is 36.8 Å². The first-order valence-corrected chi connectivity index (χ1v) is 6.36. The van der Waals surface area contributed by atoms with Gasteiger partial charge in [-0.3, -0.25) is 4.79 Å². The molecule has 1 amide bonds. The molecule has 0 saturated heterocycles. The topological polar surface area (TPSA) is 55.1 Å². The summed E-state index contributed by atoms with van der Waals surface area (Å²) in [5, 5.41) is 3.59. The predicted molar refractivity (Wildman–Crippen MR) is 78.2 cm³/mol. The number of benzene rings is 2. The van der Waals surface area contributed by atoms with E-state index in [0.29, 0.717) is 16.3 Å². The Kier molecular flexibility index (Phi) is 4.07. The maximum absolute atomic E-state index is 12.1. The van der Waals surface area contributed by atoms with Crippen LogP contribution in [0.2, 0.25) is 5.02 Å². The monoisotopic (exact) mass is 274 g/mol. The highest BCUT2D eigenvalue weighted by Gasteiger charge is 2.13. The highest BCUT2D eigenvalue weighted by atomic mass is 35.5. The predicted octanol–water partition coefficient (Wildman–Crippen LogP) is 3.41. The third-order valence-corrected chi connectivity index (χ3v) is 3.17. The van der Waals surface area contributed by atoms with Crippen molar-refractivity contribution in [3.05, 3.63) is 64.7 Å². The first kappa shape index (κ1) is 13.4. The van der Waals surface area contributed by atoms with Crippen LogP contribution in [0.4, 0.5) is 5.69 Å². The number of anilines is 1. The lowest BCUT2D eigenvalue weighted by atomic mass is 10.1. The van der Waals surface area contributed by atoms with Crippen molar-refractivity contribution in [2.75, 3.05) is 5.73 Å². The second-order valence-electron chi connectivity index (χ2n) is 4.33. The number of carbonyl (C=O) groups excluding carboxylic acids is 1. The number of halogens is 1. The molecule has 0 aliphatic carbocycles. The van der Waals surface area contributed by atoms with Crippen molar-refractivity contribution in [3.8, 4) is 0 Å². The second kappa shape index (κ2) is 5.76. The Balaban J connectivity index is 2.11. The average Bonchev–Trinajstić information content (AvgIpc) is 2.39. The lowest BCUT2D eigenvalue weighted by Gasteiger charge is -2.15. The van der Waals surface area contributed by atoms with Crippen molar-refractivity contribution in [1.82, 2.24) is 5.32 Å². The largest absolute Gasteiger partial charge is 0.398 e. The van der Waals surface area contributed by atoms with Gasteiger partial charge in [0.25, 0.3) is 5.91 Å². The zero-order valence-electron chi connectivity index (χ0n) is 10.6. The van der Waals surface area contributed by atoms with E-state index in [2.05, 4.69) is 5.32 Å². The van der Waals surface area contributed by atoms with Crippen molar-refractivity contribution in [3.63, 3.8) is 0 Å². The third kappa shape index (κ3) is 3.26. The molecule has 98 valence electrons. The van der Waals surface area contributed by atoms with Crippen LogP contribution in [0.15, 0.2) is 48.5 Å². The van der Waals surface area contributed by atoms with Crippen LogP contribution in [0.1, 0.15) is 28.9 Å². The molecule has 0 aliphatic heterocycles. The van der Waals surface area contributed by atoms with E-state index in [9.17, 15) is 4.79 Å². The Labute approximate surface area is 117 Å². The molecule has 0 fully saturated rings. The van der Waals surface area contributed by atoms with Gasteiger partial charge < -0.3 is 11.1 Å². The molecule has 0 saturated carbocycles. The molecule has 0 aromatic heterocycles. The zero-order valence-corrected chi connectivity index (χ0v) is 11.3. The maximum Gasteiger partial charge on any atom is 0.253 e. The average molecular weight is 275 g/mol. The van der Waals surface area contributed by atoms with Gasteiger partial charge in [0, 0.05) is 10.7 Å². The molecule has 2 rings (SSSR count). The molecule has 0 unspecified atom stereocenters. The SMILES string of the molecule is C[C@H](NC(=O)c1ccccc1N)c1ccc(Cl)cc1. The summed E-state index contributed by atoms with van der Waals surface area (Å²) in [4.78, 5) is 12.1. The lowest BCUT2D eigenvalue weighted by molar-refractivity contribution is 0.0941. The fourth-order valence-electron chi connectivity index (χ4n) is 1.81. The highest BCUT2D eigenvalue weighted by molar-refractivity contribution is 6.30. The van der Waals surface area contributed by atoms with Gasteiger partial charge in [-0.25, -0.2) is 0 Å². The van der Waals surface area contributed by atoms with Crippen LogP contribution in [0.3, 0.4) is 0 Å². The number of hydrogen-bond donors (Lipinski definition) is 2. The molecular weight excluding hydrogens is 260 g/mol. The van der Waals surface area contributed by atoms with Crippen molar-refractivity contribution in [2.24, 2.45) is 0 Å². The normalized spacial score (nSPS) is 11.9. The van der Waals surface area contributed by atoms with E-state index >= 15 is 0 Å². The number of rotatable bonds is 3. The summed E-state index contributed by atoms with van der Waals surface area (Å²) in [7, 11) is 0. The Morgan fingerprint density at radius 1 is 1.16 bits per heavy atom. The standard InChI is InChI=1S/C15H15ClN2O/c1-10(11-6-8-12(16)9-7-11)18-15(19)13-4-2-3-5-14(13)17/h2-10H,17H2,1H3,(H,18,19)/t10-/m0/s1. The molecule has 0 spiro atoms. The van der Waals surface area contributed by atoms with Crippen LogP contribution in [-0.2, 0) is 0 Å². The number of nitrogens with two attached hydrogens (primary N) is 1. The Morgan fingerprint density at radius 2 is 1.79 bits per heavy atom. The first-order chi connectivity index (χ1) is 9.08. The van der Waals surface area contributed by atoms with Gasteiger partial charge >= 0.3 is 0 Å². The van der Waals surface area contributed by atoms with E-state index in [0.717, 1.165) is 5.56 Å².